The summed E-state index contributed by atoms with van der Waals surface area (Å²) in [4.78, 5) is 13.9. The van der Waals surface area contributed by atoms with Crippen LogP contribution in [-0.4, -0.2) is 23.9 Å². The van der Waals surface area contributed by atoms with Crippen LogP contribution in [0.1, 0.15) is 52.4 Å². The van der Waals surface area contributed by atoms with Gasteiger partial charge in [-0.05, 0) is 37.5 Å². The molecule has 0 aromatic rings. The first-order valence-electron chi connectivity index (χ1n) is 6.80. The van der Waals surface area contributed by atoms with Crippen molar-refractivity contribution in [1.82, 2.24) is 4.90 Å². The first-order valence-corrected chi connectivity index (χ1v) is 6.80. The fourth-order valence-corrected chi connectivity index (χ4v) is 2.47. The lowest BCUT2D eigenvalue weighted by Gasteiger charge is -2.21. The zero-order chi connectivity index (χ0) is 12.7. The number of carbonyl (C=O) groups excluding carboxylic acids is 1. The van der Waals surface area contributed by atoms with E-state index in [1.54, 1.807) is 0 Å². The summed E-state index contributed by atoms with van der Waals surface area (Å²) in [6.45, 7) is 6.25. The second-order valence-electron chi connectivity index (χ2n) is 5.33. The van der Waals surface area contributed by atoms with Gasteiger partial charge in [0.2, 0.25) is 5.91 Å². The molecule has 0 aromatic heterocycles. The van der Waals surface area contributed by atoms with Gasteiger partial charge in [0.15, 0.2) is 0 Å². The van der Waals surface area contributed by atoms with Crippen molar-refractivity contribution in [3.05, 3.63) is 0 Å². The van der Waals surface area contributed by atoms with Gasteiger partial charge in [-0.3, -0.25) is 4.79 Å². The molecule has 0 bridgehead atoms. The molecule has 0 N–H and O–H groups in total. The van der Waals surface area contributed by atoms with Gasteiger partial charge in [-0.1, -0.05) is 13.8 Å². The summed E-state index contributed by atoms with van der Waals surface area (Å²) >= 11 is 0. The number of carbonyl (C=O) groups is 1. The van der Waals surface area contributed by atoms with Gasteiger partial charge in [0.05, 0.1) is 6.07 Å². The first-order chi connectivity index (χ1) is 8.15. The van der Waals surface area contributed by atoms with E-state index in [2.05, 4.69) is 19.9 Å². The normalized spacial score (nSPS) is 21.4. The molecule has 3 nitrogen and oxygen atoms in total. The van der Waals surface area contributed by atoms with Crippen molar-refractivity contribution in [2.24, 2.45) is 11.8 Å². The van der Waals surface area contributed by atoms with Gasteiger partial charge in [-0.15, -0.1) is 0 Å². The summed E-state index contributed by atoms with van der Waals surface area (Å²) in [5.74, 6) is 1.69. The SMILES string of the molecule is CC(C)C1CCC(=O)N(CCCCC#N)CC1. The molecule has 1 fully saturated rings. The number of unbranched alkanes of at least 4 members (excludes halogenated alkanes) is 2. The predicted molar refractivity (Wildman–Crippen MR) is 68.2 cm³/mol. The van der Waals surface area contributed by atoms with E-state index < -0.39 is 0 Å². The molecule has 0 aromatic carbocycles. The molecule has 1 rings (SSSR count). The number of amides is 1. The number of nitrogens with zero attached hydrogens (tertiary/aromatic N) is 2. The molecule has 1 aliphatic rings. The highest BCUT2D eigenvalue weighted by atomic mass is 16.2. The molecule has 1 amide bonds. The molecule has 96 valence electrons. The van der Waals surface area contributed by atoms with E-state index in [-0.39, 0.29) is 0 Å². The van der Waals surface area contributed by atoms with Crippen molar-refractivity contribution in [2.45, 2.75) is 52.4 Å². The molecule has 0 radical (unpaired) electrons. The summed E-state index contributed by atoms with van der Waals surface area (Å²) < 4.78 is 0. The van der Waals surface area contributed by atoms with Crippen molar-refractivity contribution in [3.63, 3.8) is 0 Å². The highest BCUT2D eigenvalue weighted by molar-refractivity contribution is 5.76. The molecule has 0 spiro atoms. The maximum Gasteiger partial charge on any atom is 0.222 e. The quantitative estimate of drug-likeness (QED) is 0.689. The minimum absolute atomic E-state index is 0.310. The zero-order valence-electron chi connectivity index (χ0n) is 11.1. The Labute approximate surface area is 105 Å². The monoisotopic (exact) mass is 236 g/mol. The lowest BCUT2D eigenvalue weighted by atomic mass is 9.89. The van der Waals surface area contributed by atoms with Crippen LogP contribution >= 0.6 is 0 Å². The molecule has 0 aliphatic carbocycles. The molecule has 17 heavy (non-hydrogen) atoms. The molecule has 1 atom stereocenters. The van der Waals surface area contributed by atoms with Crippen LogP contribution in [0.5, 0.6) is 0 Å². The highest BCUT2D eigenvalue weighted by Crippen LogP contribution is 2.25. The highest BCUT2D eigenvalue weighted by Gasteiger charge is 2.23. The molecule has 1 aliphatic heterocycles. The Morgan fingerprint density at radius 2 is 2.18 bits per heavy atom. The molecular weight excluding hydrogens is 212 g/mol. The maximum atomic E-state index is 11.9. The smallest absolute Gasteiger partial charge is 0.222 e. The number of rotatable bonds is 5. The van der Waals surface area contributed by atoms with Crippen LogP contribution in [0.3, 0.4) is 0 Å². The lowest BCUT2D eigenvalue weighted by Crippen LogP contribution is -2.31. The Morgan fingerprint density at radius 1 is 1.41 bits per heavy atom. The van der Waals surface area contributed by atoms with E-state index in [0.717, 1.165) is 38.8 Å². The first kappa shape index (κ1) is 14.0. The molecule has 1 heterocycles. The second kappa shape index (κ2) is 7.32. The van der Waals surface area contributed by atoms with Crippen LogP contribution in [0.25, 0.3) is 0 Å². The number of likely N-dealkylation sites (tertiary alicyclic amines) is 1. The van der Waals surface area contributed by atoms with Crippen LogP contribution in [0.4, 0.5) is 0 Å². The summed E-state index contributed by atoms with van der Waals surface area (Å²) in [7, 11) is 0. The Balaban J connectivity index is 2.35. The fourth-order valence-electron chi connectivity index (χ4n) is 2.47. The zero-order valence-corrected chi connectivity index (χ0v) is 11.1. The maximum absolute atomic E-state index is 11.9. The standard InChI is InChI=1S/C14H24N2O/c1-12(2)13-6-7-14(17)16(11-8-13)10-5-3-4-9-15/h12-13H,3-8,10-11H2,1-2H3. The van der Waals surface area contributed by atoms with E-state index >= 15 is 0 Å². The fraction of sp³-hybridized carbons (Fsp3) is 0.857. The lowest BCUT2D eigenvalue weighted by molar-refractivity contribution is -0.130. The van der Waals surface area contributed by atoms with Crippen molar-refractivity contribution in [3.8, 4) is 6.07 Å². The van der Waals surface area contributed by atoms with Crippen molar-refractivity contribution in [1.29, 1.82) is 5.26 Å². The third kappa shape index (κ3) is 4.77. The van der Waals surface area contributed by atoms with Crippen molar-refractivity contribution >= 4 is 5.91 Å². The van der Waals surface area contributed by atoms with E-state index in [1.807, 2.05) is 4.90 Å². The van der Waals surface area contributed by atoms with E-state index in [4.69, 9.17) is 5.26 Å². The third-order valence-corrected chi connectivity index (χ3v) is 3.76. The molecular formula is C14H24N2O. The van der Waals surface area contributed by atoms with Crippen molar-refractivity contribution in [2.75, 3.05) is 13.1 Å². The van der Waals surface area contributed by atoms with Crippen LogP contribution in [-0.2, 0) is 4.79 Å². The molecule has 1 saturated heterocycles. The van der Waals surface area contributed by atoms with Gasteiger partial charge in [0, 0.05) is 25.9 Å². The van der Waals surface area contributed by atoms with Gasteiger partial charge < -0.3 is 4.90 Å². The minimum atomic E-state index is 0.310. The summed E-state index contributed by atoms with van der Waals surface area (Å²) in [5, 5.41) is 8.47. The molecule has 0 saturated carbocycles. The van der Waals surface area contributed by atoms with E-state index in [9.17, 15) is 4.79 Å². The van der Waals surface area contributed by atoms with Crippen LogP contribution in [0.15, 0.2) is 0 Å². The Bertz CT molecular complexity index is 280. The number of hydrogen-bond acceptors (Lipinski definition) is 2. The van der Waals surface area contributed by atoms with E-state index in [0.29, 0.717) is 30.6 Å². The summed E-state index contributed by atoms with van der Waals surface area (Å²) in [6.07, 6.45) is 5.38. The topological polar surface area (TPSA) is 44.1 Å². The predicted octanol–water partition coefficient (Wildman–Crippen LogP) is 2.96. The molecule has 3 heteroatoms. The minimum Gasteiger partial charge on any atom is -0.343 e. The average molecular weight is 236 g/mol. The Kier molecular flexibility index (Phi) is 6.04. The van der Waals surface area contributed by atoms with Gasteiger partial charge in [0.25, 0.3) is 0 Å². The van der Waals surface area contributed by atoms with E-state index in [1.165, 1.54) is 0 Å². The largest absolute Gasteiger partial charge is 0.343 e. The van der Waals surface area contributed by atoms with Crippen LogP contribution < -0.4 is 0 Å². The van der Waals surface area contributed by atoms with Gasteiger partial charge in [-0.2, -0.15) is 5.26 Å². The Morgan fingerprint density at radius 3 is 2.82 bits per heavy atom. The van der Waals surface area contributed by atoms with Crippen LogP contribution in [0, 0.1) is 23.2 Å². The number of hydrogen-bond donors (Lipinski definition) is 0. The van der Waals surface area contributed by atoms with Gasteiger partial charge in [0.1, 0.15) is 0 Å². The van der Waals surface area contributed by atoms with Crippen LogP contribution in [0.2, 0.25) is 0 Å². The Hall–Kier alpha value is -1.04. The van der Waals surface area contributed by atoms with Gasteiger partial charge in [-0.25, -0.2) is 0 Å². The number of nitriles is 1. The molecule has 1 unspecified atom stereocenters. The average Bonchev–Trinajstić information content (AvgIpc) is 2.48. The van der Waals surface area contributed by atoms with Crippen molar-refractivity contribution < 1.29 is 4.79 Å². The summed E-state index contributed by atoms with van der Waals surface area (Å²) in [5.41, 5.74) is 0. The third-order valence-electron chi connectivity index (χ3n) is 3.76. The van der Waals surface area contributed by atoms with Gasteiger partial charge >= 0.3 is 0 Å². The summed E-state index contributed by atoms with van der Waals surface area (Å²) in [6, 6.07) is 2.15. The second-order valence-corrected chi connectivity index (χ2v) is 5.33.